The van der Waals surface area contributed by atoms with E-state index in [1.807, 2.05) is 30.3 Å². The second-order valence-electron chi connectivity index (χ2n) is 11.7. The van der Waals surface area contributed by atoms with E-state index in [0.717, 1.165) is 11.1 Å². The van der Waals surface area contributed by atoms with Gasteiger partial charge in [0.2, 0.25) is 0 Å². The molecule has 0 saturated heterocycles. The van der Waals surface area contributed by atoms with Gasteiger partial charge in [-0.15, -0.1) is 0 Å². The van der Waals surface area contributed by atoms with Crippen molar-refractivity contribution in [2.24, 2.45) is 0 Å². The minimum atomic E-state index is -1.09. The molecule has 0 aliphatic carbocycles. The molecule has 11 nitrogen and oxygen atoms in total. The molecule has 0 radical (unpaired) electrons. The van der Waals surface area contributed by atoms with E-state index in [-0.39, 0.29) is 31.9 Å². The van der Waals surface area contributed by atoms with Crippen LogP contribution in [0.15, 0.2) is 54.6 Å². The van der Waals surface area contributed by atoms with Gasteiger partial charge in [0.15, 0.2) is 0 Å². The Balaban J connectivity index is 2.06. The lowest BCUT2D eigenvalue weighted by molar-refractivity contribution is -0.00773. The molecule has 2 aromatic carbocycles. The molecule has 0 aliphatic heterocycles. The van der Waals surface area contributed by atoms with Crippen LogP contribution in [0.1, 0.15) is 45.7 Å². The van der Waals surface area contributed by atoms with E-state index in [4.69, 9.17) is 9.47 Å². The Kier molecular flexibility index (Phi) is 12.8. The summed E-state index contributed by atoms with van der Waals surface area (Å²) in [6.45, 7) is 8.00. The zero-order valence-corrected chi connectivity index (χ0v) is 24.5. The molecule has 0 bridgehead atoms. The number of alkyl carbamates (subject to hydrolysis) is 2. The molecule has 0 heterocycles. The van der Waals surface area contributed by atoms with E-state index in [1.54, 1.807) is 46.8 Å². The highest BCUT2D eigenvalue weighted by atomic mass is 16.6. The number of hydrogen-bond donors (Lipinski definition) is 7. The number of carbonyl (C=O) groups excluding carboxylic acids is 2. The van der Waals surface area contributed by atoms with E-state index < -0.39 is 47.7 Å². The van der Waals surface area contributed by atoms with Crippen LogP contribution in [0.4, 0.5) is 9.59 Å². The quantitative estimate of drug-likeness (QED) is 0.179. The third-order valence-corrected chi connectivity index (χ3v) is 6.08. The number of phenols is 1. The van der Waals surface area contributed by atoms with Gasteiger partial charge in [0, 0.05) is 13.1 Å². The van der Waals surface area contributed by atoms with E-state index in [0.29, 0.717) is 6.42 Å². The lowest BCUT2D eigenvalue weighted by atomic mass is 10.00. The zero-order valence-electron chi connectivity index (χ0n) is 24.5. The Morgan fingerprint density at radius 3 is 1.68 bits per heavy atom. The highest BCUT2D eigenvalue weighted by molar-refractivity contribution is 5.68. The van der Waals surface area contributed by atoms with Crippen molar-refractivity contribution in [3.05, 3.63) is 65.7 Å². The van der Waals surface area contributed by atoms with E-state index in [1.165, 1.54) is 12.1 Å². The van der Waals surface area contributed by atoms with Crippen LogP contribution in [0.3, 0.4) is 0 Å². The fourth-order valence-corrected chi connectivity index (χ4v) is 3.91. The average molecular weight is 576 g/mol. The first-order chi connectivity index (χ1) is 19.2. The molecule has 4 atom stereocenters. The number of aliphatic hydroxyl groups is 3. The Morgan fingerprint density at radius 1 is 0.756 bits per heavy atom. The number of carbonyl (C=O) groups is 2. The third-order valence-electron chi connectivity index (χ3n) is 6.08. The SMILES string of the molecule is CC(C)(C)OC(=O)N[C@@H](Cc1ccc(O)cc1)C(O)CNC[C@@H](O)[C@H](Cc1ccccc1)NC(=O)OC(C)(C)CO. The number of ether oxygens (including phenoxy) is 2. The molecule has 0 aromatic heterocycles. The summed E-state index contributed by atoms with van der Waals surface area (Å²) in [7, 11) is 0. The smallest absolute Gasteiger partial charge is 0.408 e. The average Bonchev–Trinajstić information content (AvgIpc) is 2.88. The van der Waals surface area contributed by atoms with Crippen LogP contribution in [0.25, 0.3) is 0 Å². The first-order valence-electron chi connectivity index (χ1n) is 13.7. The highest BCUT2D eigenvalue weighted by Gasteiger charge is 2.28. The van der Waals surface area contributed by atoms with Crippen LogP contribution in [0, 0.1) is 0 Å². The molecule has 0 aliphatic rings. The monoisotopic (exact) mass is 575 g/mol. The summed E-state index contributed by atoms with van der Waals surface area (Å²) in [5, 5.41) is 49.4. The summed E-state index contributed by atoms with van der Waals surface area (Å²) in [5.41, 5.74) is -0.162. The van der Waals surface area contributed by atoms with Crippen molar-refractivity contribution in [1.82, 2.24) is 16.0 Å². The fraction of sp³-hybridized carbons (Fsp3) is 0.533. The maximum atomic E-state index is 12.5. The first kappa shape index (κ1) is 33.8. The van der Waals surface area contributed by atoms with Gasteiger partial charge in [-0.25, -0.2) is 9.59 Å². The standard InChI is InChI=1S/C30H45N3O8/c1-29(2,3)40-27(38)32-24(16-21-11-13-22(35)14-12-21)26(37)18-31-17-25(36)23(15-20-9-7-6-8-10-20)33-28(39)41-30(4,5)19-34/h6-14,23-26,31,34-37H,15-19H2,1-5H3,(H,32,38)(H,33,39)/t23-,24-,25+,26?/m0/s1. The fourth-order valence-electron chi connectivity index (χ4n) is 3.91. The molecular weight excluding hydrogens is 530 g/mol. The summed E-state index contributed by atoms with van der Waals surface area (Å²) in [6, 6.07) is 14.3. The largest absolute Gasteiger partial charge is 0.508 e. The summed E-state index contributed by atoms with van der Waals surface area (Å²) in [6.07, 6.45) is -3.03. The number of rotatable bonds is 14. The van der Waals surface area contributed by atoms with Gasteiger partial charge in [0.1, 0.15) is 17.0 Å². The van der Waals surface area contributed by atoms with E-state index in [2.05, 4.69) is 16.0 Å². The molecule has 2 rings (SSSR count). The number of hydrogen-bond acceptors (Lipinski definition) is 9. The van der Waals surface area contributed by atoms with Crippen molar-refractivity contribution in [2.45, 2.75) is 83.0 Å². The van der Waals surface area contributed by atoms with Crippen molar-refractivity contribution >= 4 is 12.2 Å². The van der Waals surface area contributed by atoms with Crippen LogP contribution in [0.2, 0.25) is 0 Å². The molecule has 2 amide bonds. The van der Waals surface area contributed by atoms with Gasteiger partial charge in [-0.1, -0.05) is 42.5 Å². The van der Waals surface area contributed by atoms with Gasteiger partial charge in [-0.2, -0.15) is 0 Å². The minimum Gasteiger partial charge on any atom is -0.508 e. The Hall–Kier alpha value is -3.38. The van der Waals surface area contributed by atoms with Crippen molar-refractivity contribution in [1.29, 1.82) is 0 Å². The van der Waals surface area contributed by atoms with Gasteiger partial charge < -0.3 is 45.9 Å². The predicted octanol–water partition coefficient (Wildman–Crippen LogP) is 2.25. The van der Waals surface area contributed by atoms with Crippen LogP contribution in [0.5, 0.6) is 5.75 Å². The number of phenolic OH excluding ortho intramolecular Hbond substituents is 1. The molecule has 1 unspecified atom stereocenters. The third kappa shape index (κ3) is 13.2. The normalized spacial score (nSPS) is 14.8. The Morgan fingerprint density at radius 2 is 1.22 bits per heavy atom. The molecule has 41 heavy (non-hydrogen) atoms. The Bertz CT molecular complexity index is 1070. The molecule has 11 heteroatoms. The van der Waals surface area contributed by atoms with Crippen molar-refractivity contribution < 1.29 is 39.5 Å². The second kappa shape index (κ2) is 15.6. The van der Waals surface area contributed by atoms with Gasteiger partial charge in [0.25, 0.3) is 0 Å². The molecular formula is C30H45N3O8. The lowest BCUT2D eigenvalue weighted by Crippen LogP contribution is -2.53. The van der Waals surface area contributed by atoms with Gasteiger partial charge in [0.05, 0.1) is 30.9 Å². The molecule has 0 spiro atoms. The van der Waals surface area contributed by atoms with Crippen molar-refractivity contribution in [2.75, 3.05) is 19.7 Å². The van der Waals surface area contributed by atoms with Crippen molar-refractivity contribution in [3.63, 3.8) is 0 Å². The van der Waals surface area contributed by atoms with Gasteiger partial charge in [-0.3, -0.25) is 0 Å². The predicted molar refractivity (Wildman–Crippen MR) is 155 cm³/mol. The number of amides is 2. The van der Waals surface area contributed by atoms with Gasteiger partial charge in [-0.05, 0) is 70.7 Å². The van der Waals surface area contributed by atoms with Crippen molar-refractivity contribution in [3.8, 4) is 5.75 Å². The zero-order chi connectivity index (χ0) is 30.6. The maximum absolute atomic E-state index is 12.5. The summed E-state index contributed by atoms with van der Waals surface area (Å²) >= 11 is 0. The number of nitrogens with one attached hydrogen (secondary N) is 3. The molecule has 0 fully saturated rings. The minimum absolute atomic E-state index is 0.00958. The number of benzene rings is 2. The number of aromatic hydroxyl groups is 1. The first-order valence-corrected chi connectivity index (χ1v) is 13.7. The molecule has 7 N–H and O–H groups in total. The molecule has 2 aromatic rings. The molecule has 228 valence electrons. The highest BCUT2D eigenvalue weighted by Crippen LogP contribution is 2.14. The topological polar surface area (TPSA) is 170 Å². The summed E-state index contributed by atoms with van der Waals surface area (Å²) in [4.78, 5) is 25.0. The lowest BCUT2D eigenvalue weighted by Gasteiger charge is -2.29. The summed E-state index contributed by atoms with van der Waals surface area (Å²) in [5.74, 6) is 0.101. The van der Waals surface area contributed by atoms with Crippen LogP contribution in [-0.4, -0.2) is 87.8 Å². The number of aliphatic hydroxyl groups excluding tert-OH is 3. The second-order valence-corrected chi connectivity index (χ2v) is 11.7. The van der Waals surface area contributed by atoms with E-state index >= 15 is 0 Å². The maximum Gasteiger partial charge on any atom is 0.408 e. The van der Waals surface area contributed by atoms with Crippen LogP contribution >= 0.6 is 0 Å². The van der Waals surface area contributed by atoms with Crippen LogP contribution < -0.4 is 16.0 Å². The van der Waals surface area contributed by atoms with Crippen LogP contribution in [-0.2, 0) is 22.3 Å². The molecule has 0 saturated carbocycles. The van der Waals surface area contributed by atoms with Gasteiger partial charge >= 0.3 is 12.2 Å². The summed E-state index contributed by atoms with van der Waals surface area (Å²) < 4.78 is 10.6. The Labute approximate surface area is 241 Å². The van der Waals surface area contributed by atoms with E-state index in [9.17, 15) is 30.0 Å².